The Bertz CT molecular complexity index is 1350. The van der Waals surface area contributed by atoms with Crippen molar-refractivity contribution in [2.75, 3.05) is 0 Å². The van der Waals surface area contributed by atoms with E-state index in [0.29, 0.717) is 0 Å². The summed E-state index contributed by atoms with van der Waals surface area (Å²) in [4.78, 5) is 0. The van der Waals surface area contributed by atoms with Crippen molar-refractivity contribution in [3.8, 4) is 22.3 Å². The highest BCUT2D eigenvalue weighted by molar-refractivity contribution is 5.86. The van der Waals surface area contributed by atoms with Crippen LogP contribution in [0.3, 0.4) is 0 Å². The molecule has 0 atom stereocenters. The van der Waals surface area contributed by atoms with Crippen LogP contribution in [0.15, 0.2) is 127 Å². The fourth-order valence-electron chi connectivity index (χ4n) is 5.37. The van der Waals surface area contributed by atoms with Crippen molar-refractivity contribution in [2.24, 2.45) is 0 Å². The molecule has 0 amide bonds. The number of fused-ring (bicyclic) bond motifs is 3. The maximum atomic E-state index is 2.32. The molecule has 0 spiro atoms. The Kier molecular flexibility index (Phi) is 4.33. The minimum atomic E-state index is -0.319. The molecule has 0 unspecified atom stereocenters. The van der Waals surface area contributed by atoms with Crippen molar-refractivity contribution >= 4 is 0 Å². The van der Waals surface area contributed by atoms with E-state index in [2.05, 4.69) is 134 Å². The third-order valence-corrected chi connectivity index (χ3v) is 6.86. The first-order valence-electron chi connectivity index (χ1n) is 11.2. The van der Waals surface area contributed by atoms with Crippen molar-refractivity contribution in [3.05, 3.63) is 155 Å². The number of benzene rings is 5. The van der Waals surface area contributed by atoms with Gasteiger partial charge in [-0.3, -0.25) is 0 Å². The Labute approximate surface area is 189 Å². The second kappa shape index (κ2) is 7.35. The van der Waals surface area contributed by atoms with Gasteiger partial charge < -0.3 is 0 Å². The molecule has 0 N–H and O–H groups in total. The van der Waals surface area contributed by atoms with E-state index in [1.54, 1.807) is 0 Å². The molecule has 5 aromatic rings. The van der Waals surface area contributed by atoms with Gasteiger partial charge in [0.25, 0.3) is 0 Å². The molecule has 1 aliphatic rings. The summed E-state index contributed by atoms with van der Waals surface area (Å²) in [6, 6.07) is 46.7. The number of hydrogen-bond acceptors (Lipinski definition) is 0. The highest BCUT2D eigenvalue weighted by Crippen LogP contribution is 2.55. The van der Waals surface area contributed by atoms with E-state index in [1.807, 2.05) is 0 Å². The molecular weight excluding hydrogens is 384 g/mol. The first-order chi connectivity index (χ1) is 15.8. The van der Waals surface area contributed by atoms with Gasteiger partial charge in [0.1, 0.15) is 0 Å². The van der Waals surface area contributed by atoms with E-state index in [9.17, 15) is 0 Å². The van der Waals surface area contributed by atoms with Crippen LogP contribution in [0.2, 0.25) is 0 Å². The molecule has 0 bridgehead atoms. The molecule has 1 aliphatic carbocycles. The van der Waals surface area contributed by atoms with Crippen LogP contribution in [0, 0.1) is 6.92 Å². The van der Waals surface area contributed by atoms with E-state index in [-0.39, 0.29) is 5.41 Å². The number of aryl methyl sites for hydroxylation is 1. The average Bonchev–Trinajstić information content (AvgIpc) is 3.17. The number of rotatable bonds is 3. The van der Waals surface area contributed by atoms with Crippen molar-refractivity contribution in [1.29, 1.82) is 0 Å². The van der Waals surface area contributed by atoms with E-state index >= 15 is 0 Å². The third-order valence-electron chi connectivity index (χ3n) is 6.86. The predicted molar refractivity (Wildman–Crippen MR) is 134 cm³/mol. The normalized spacial score (nSPS) is 13.4. The molecule has 152 valence electrons. The molecule has 6 rings (SSSR count). The quantitative estimate of drug-likeness (QED) is 0.278. The van der Waals surface area contributed by atoms with Crippen LogP contribution < -0.4 is 0 Å². The van der Waals surface area contributed by atoms with E-state index < -0.39 is 0 Å². The van der Waals surface area contributed by atoms with Crippen LogP contribution in [0.1, 0.15) is 27.8 Å². The van der Waals surface area contributed by atoms with Crippen molar-refractivity contribution < 1.29 is 0 Å². The fourth-order valence-corrected chi connectivity index (χ4v) is 5.37. The van der Waals surface area contributed by atoms with Crippen molar-refractivity contribution in [2.45, 2.75) is 12.3 Å². The largest absolute Gasteiger partial charge is 0.0713 e. The van der Waals surface area contributed by atoms with Gasteiger partial charge in [0.05, 0.1) is 5.41 Å². The fraction of sp³-hybridized carbons (Fsp3) is 0.0625. The Morgan fingerprint density at radius 2 is 0.844 bits per heavy atom. The summed E-state index contributed by atoms with van der Waals surface area (Å²) in [5.41, 5.74) is 11.4. The maximum Gasteiger partial charge on any atom is 0.0713 e. The first-order valence-corrected chi connectivity index (χ1v) is 11.2. The molecule has 0 aromatic heterocycles. The molecule has 0 fully saturated rings. The molecule has 32 heavy (non-hydrogen) atoms. The lowest BCUT2D eigenvalue weighted by molar-refractivity contribution is 0.768. The molecular formula is C32H24. The Balaban J connectivity index is 1.62. The maximum absolute atomic E-state index is 2.32. The smallest absolute Gasteiger partial charge is 0.0622 e. The highest BCUT2D eigenvalue weighted by atomic mass is 14.5. The predicted octanol–water partition coefficient (Wildman–Crippen LogP) is 8.03. The minimum Gasteiger partial charge on any atom is -0.0622 e. The van der Waals surface area contributed by atoms with Gasteiger partial charge in [0.2, 0.25) is 0 Å². The lowest BCUT2D eigenvalue weighted by Crippen LogP contribution is -2.28. The highest BCUT2D eigenvalue weighted by Gasteiger charge is 2.45. The van der Waals surface area contributed by atoms with Crippen LogP contribution >= 0.6 is 0 Å². The van der Waals surface area contributed by atoms with E-state index in [0.717, 1.165) is 0 Å². The van der Waals surface area contributed by atoms with Gasteiger partial charge in [-0.05, 0) is 51.4 Å². The molecule has 0 heterocycles. The monoisotopic (exact) mass is 408 g/mol. The molecule has 0 nitrogen and oxygen atoms in total. The Morgan fingerprint density at radius 3 is 1.41 bits per heavy atom. The Hall–Kier alpha value is -3.90. The summed E-state index contributed by atoms with van der Waals surface area (Å²) < 4.78 is 0. The minimum absolute atomic E-state index is 0.319. The molecule has 0 saturated carbocycles. The molecule has 0 radical (unpaired) electrons. The first kappa shape index (κ1) is 18.8. The van der Waals surface area contributed by atoms with Gasteiger partial charge in [0.15, 0.2) is 0 Å². The number of hydrogen-bond donors (Lipinski definition) is 0. The van der Waals surface area contributed by atoms with Gasteiger partial charge in [-0.15, -0.1) is 0 Å². The molecule has 5 aromatic carbocycles. The lowest BCUT2D eigenvalue weighted by atomic mass is 9.67. The summed E-state index contributed by atoms with van der Waals surface area (Å²) in [6.07, 6.45) is 0. The average molecular weight is 409 g/mol. The van der Waals surface area contributed by atoms with Gasteiger partial charge in [-0.2, -0.15) is 0 Å². The van der Waals surface area contributed by atoms with E-state index in [1.165, 1.54) is 50.1 Å². The SMILES string of the molecule is Cc1ccc(-c2ccc(C3(c4ccccc4)c4ccccc4-c4ccccc43)cc2)cc1. The van der Waals surface area contributed by atoms with Crippen LogP contribution in [-0.2, 0) is 5.41 Å². The topological polar surface area (TPSA) is 0 Å². The van der Waals surface area contributed by atoms with Crippen molar-refractivity contribution in [1.82, 2.24) is 0 Å². The standard InChI is InChI=1S/C32H24/c1-23-15-17-24(18-16-23)25-19-21-27(22-20-25)32(26-9-3-2-4-10-26)30-13-7-5-11-28(30)29-12-6-8-14-31(29)32/h2-22H,1H3. The van der Waals surface area contributed by atoms with Gasteiger partial charge >= 0.3 is 0 Å². The van der Waals surface area contributed by atoms with Crippen LogP contribution in [0.5, 0.6) is 0 Å². The summed E-state index contributed by atoms with van der Waals surface area (Å²) in [5.74, 6) is 0. The zero-order valence-corrected chi connectivity index (χ0v) is 18.1. The zero-order valence-electron chi connectivity index (χ0n) is 18.1. The van der Waals surface area contributed by atoms with E-state index in [4.69, 9.17) is 0 Å². The summed E-state index contributed by atoms with van der Waals surface area (Å²) in [5, 5.41) is 0. The van der Waals surface area contributed by atoms with Crippen molar-refractivity contribution in [3.63, 3.8) is 0 Å². The zero-order chi connectivity index (χ0) is 21.5. The van der Waals surface area contributed by atoms with Gasteiger partial charge in [0, 0.05) is 0 Å². The van der Waals surface area contributed by atoms with Crippen LogP contribution in [0.25, 0.3) is 22.3 Å². The molecule has 0 heteroatoms. The molecule has 0 saturated heterocycles. The Morgan fingerprint density at radius 1 is 0.406 bits per heavy atom. The molecule has 0 aliphatic heterocycles. The third kappa shape index (κ3) is 2.70. The van der Waals surface area contributed by atoms with Gasteiger partial charge in [-0.25, -0.2) is 0 Å². The summed E-state index contributed by atoms with van der Waals surface area (Å²) >= 11 is 0. The second-order valence-corrected chi connectivity index (χ2v) is 8.65. The summed E-state index contributed by atoms with van der Waals surface area (Å²) in [7, 11) is 0. The van der Waals surface area contributed by atoms with Crippen LogP contribution in [-0.4, -0.2) is 0 Å². The van der Waals surface area contributed by atoms with Gasteiger partial charge in [-0.1, -0.05) is 133 Å². The van der Waals surface area contributed by atoms with Crippen LogP contribution in [0.4, 0.5) is 0 Å². The lowest BCUT2D eigenvalue weighted by Gasteiger charge is -2.34. The summed E-state index contributed by atoms with van der Waals surface area (Å²) in [6.45, 7) is 2.13. The second-order valence-electron chi connectivity index (χ2n) is 8.65.